The average molecular weight is 369 g/mol. The molecule has 25 heavy (non-hydrogen) atoms. The first-order valence-electron chi connectivity index (χ1n) is 9.09. The van der Waals surface area contributed by atoms with Gasteiger partial charge in [0.2, 0.25) is 10.0 Å². The lowest BCUT2D eigenvalue weighted by molar-refractivity contribution is 0.199. The fourth-order valence-corrected chi connectivity index (χ4v) is 5.11. The summed E-state index contributed by atoms with van der Waals surface area (Å²) in [5.74, 6) is 1.99. The van der Waals surface area contributed by atoms with Crippen molar-refractivity contribution in [3.63, 3.8) is 0 Å². The third-order valence-electron chi connectivity index (χ3n) is 4.96. The van der Waals surface area contributed by atoms with E-state index in [2.05, 4.69) is 14.9 Å². The van der Waals surface area contributed by atoms with E-state index in [1.807, 2.05) is 6.92 Å². The van der Waals surface area contributed by atoms with Gasteiger partial charge in [-0.2, -0.15) is 4.31 Å². The summed E-state index contributed by atoms with van der Waals surface area (Å²) in [6, 6.07) is 0. The predicted octanol–water partition coefficient (Wildman–Crippen LogP) is 1.15. The number of hydrogen-bond acceptors (Lipinski definition) is 6. The topological polar surface area (TPSA) is 75.6 Å². The highest BCUT2D eigenvalue weighted by Gasteiger charge is 2.29. The second-order valence-corrected chi connectivity index (χ2v) is 8.86. The van der Waals surface area contributed by atoms with Crippen molar-refractivity contribution in [2.45, 2.75) is 39.0 Å². The van der Waals surface area contributed by atoms with Crippen molar-refractivity contribution in [1.82, 2.24) is 14.3 Å². The van der Waals surface area contributed by atoms with Crippen LogP contribution >= 0.6 is 0 Å². The number of piperazine rings is 1. The molecule has 0 N–H and O–H groups in total. The van der Waals surface area contributed by atoms with Gasteiger partial charge >= 0.3 is 0 Å². The Morgan fingerprint density at radius 1 is 1.08 bits per heavy atom. The van der Waals surface area contributed by atoms with Crippen LogP contribution in [0.5, 0.6) is 0 Å². The number of aromatic nitrogens is 2. The van der Waals surface area contributed by atoms with Crippen LogP contribution in [0.4, 0.5) is 5.82 Å². The van der Waals surface area contributed by atoms with Crippen LogP contribution in [-0.4, -0.2) is 68.3 Å². The van der Waals surface area contributed by atoms with Crippen LogP contribution in [0.15, 0.2) is 0 Å². The molecule has 3 rings (SSSR count). The number of nitrogens with zero attached hydrogens (tertiary/aromatic N) is 4. The molecule has 7 nitrogen and oxygen atoms in total. The number of ether oxygens (including phenoxy) is 1. The molecule has 1 aromatic rings. The summed E-state index contributed by atoms with van der Waals surface area (Å²) in [7, 11) is -1.60. The number of sulfonamides is 1. The van der Waals surface area contributed by atoms with Crippen LogP contribution in [-0.2, 0) is 27.6 Å². The smallest absolute Gasteiger partial charge is 0.214 e. The van der Waals surface area contributed by atoms with Crippen LogP contribution in [0.25, 0.3) is 0 Å². The first-order valence-corrected chi connectivity index (χ1v) is 10.7. The maximum absolute atomic E-state index is 12.4. The zero-order chi connectivity index (χ0) is 17.9. The molecule has 1 aromatic heterocycles. The second kappa shape index (κ2) is 7.97. The Kier molecular flexibility index (Phi) is 5.91. The molecule has 1 saturated heterocycles. The molecule has 1 aliphatic heterocycles. The highest BCUT2D eigenvalue weighted by Crippen LogP contribution is 2.28. The van der Waals surface area contributed by atoms with Gasteiger partial charge in [-0.3, -0.25) is 0 Å². The van der Waals surface area contributed by atoms with Crippen LogP contribution < -0.4 is 4.90 Å². The van der Waals surface area contributed by atoms with Gasteiger partial charge in [-0.25, -0.2) is 18.4 Å². The standard InChI is InChI=1S/C17H28N4O3S/c1-14-18-16-7-4-3-6-15(16)17(19-14)20-8-10-21(11-9-20)25(22,23)13-5-12-24-2/h3-13H2,1-2H3. The maximum atomic E-state index is 12.4. The van der Waals surface area contributed by atoms with Gasteiger partial charge in [0.15, 0.2) is 0 Å². The SMILES string of the molecule is COCCCS(=O)(=O)N1CCN(c2nc(C)nc3c2CCCC3)CC1. The Morgan fingerprint density at radius 2 is 1.80 bits per heavy atom. The Bertz CT molecular complexity index is 700. The maximum Gasteiger partial charge on any atom is 0.214 e. The lowest BCUT2D eigenvalue weighted by Gasteiger charge is -2.36. The first-order chi connectivity index (χ1) is 12.0. The van der Waals surface area contributed by atoms with Gasteiger partial charge in [0.1, 0.15) is 11.6 Å². The summed E-state index contributed by atoms with van der Waals surface area (Å²) in [6.07, 6.45) is 4.97. The minimum atomic E-state index is -3.19. The quantitative estimate of drug-likeness (QED) is 0.701. The third-order valence-corrected chi connectivity index (χ3v) is 6.91. The highest BCUT2D eigenvalue weighted by atomic mass is 32.2. The Balaban J connectivity index is 1.68. The summed E-state index contributed by atoms with van der Waals surface area (Å²) < 4.78 is 31.4. The van der Waals surface area contributed by atoms with E-state index in [0.717, 1.165) is 24.5 Å². The minimum Gasteiger partial charge on any atom is -0.385 e. The molecule has 0 bridgehead atoms. The molecule has 2 aliphatic rings. The molecule has 1 fully saturated rings. The van der Waals surface area contributed by atoms with Crippen LogP contribution in [0, 0.1) is 6.92 Å². The summed E-state index contributed by atoms with van der Waals surface area (Å²) in [5.41, 5.74) is 2.46. The zero-order valence-electron chi connectivity index (χ0n) is 15.2. The summed E-state index contributed by atoms with van der Waals surface area (Å²) in [4.78, 5) is 11.5. The van der Waals surface area contributed by atoms with E-state index in [-0.39, 0.29) is 5.75 Å². The molecular weight excluding hydrogens is 340 g/mol. The van der Waals surface area contributed by atoms with Crippen LogP contribution in [0.3, 0.4) is 0 Å². The molecule has 0 radical (unpaired) electrons. The third kappa shape index (κ3) is 4.30. The molecule has 8 heteroatoms. The van der Waals surface area contributed by atoms with Crippen molar-refractivity contribution in [2.75, 3.05) is 50.5 Å². The largest absolute Gasteiger partial charge is 0.385 e. The molecule has 0 aromatic carbocycles. The minimum absolute atomic E-state index is 0.156. The van der Waals surface area contributed by atoms with E-state index < -0.39 is 10.0 Å². The first kappa shape index (κ1) is 18.5. The number of aryl methyl sites for hydroxylation is 2. The molecule has 0 amide bonds. The van der Waals surface area contributed by atoms with Gasteiger partial charge in [0.25, 0.3) is 0 Å². The van der Waals surface area contributed by atoms with E-state index in [1.54, 1.807) is 11.4 Å². The molecule has 140 valence electrons. The van der Waals surface area contributed by atoms with Crippen LogP contribution in [0.2, 0.25) is 0 Å². The van der Waals surface area contributed by atoms with E-state index in [0.29, 0.717) is 39.2 Å². The van der Waals surface area contributed by atoms with Gasteiger partial charge in [-0.05, 0) is 39.0 Å². The lowest BCUT2D eigenvalue weighted by atomic mass is 9.96. The monoisotopic (exact) mass is 368 g/mol. The van der Waals surface area contributed by atoms with Crippen LogP contribution in [0.1, 0.15) is 36.3 Å². The molecule has 0 atom stereocenters. The number of methoxy groups -OCH3 is 1. The van der Waals surface area contributed by atoms with E-state index in [1.165, 1.54) is 24.1 Å². The Hall–Kier alpha value is -1.25. The average Bonchev–Trinajstić information content (AvgIpc) is 2.61. The van der Waals surface area contributed by atoms with Gasteiger partial charge in [0.05, 0.1) is 5.75 Å². The summed E-state index contributed by atoms with van der Waals surface area (Å²) >= 11 is 0. The van der Waals surface area contributed by atoms with E-state index in [9.17, 15) is 8.42 Å². The van der Waals surface area contributed by atoms with Crippen molar-refractivity contribution in [3.8, 4) is 0 Å². The van der Waals surface area contributed by atoms with Crippen molar-refractivity contribution in [2.24, 2.45) is 0 Å². The summed E-state index contributed by atoms with van der Waals surface area (Å²) in [6.45, 7) is 4.83. The van der Waals surface area contributed by atoms with E-state index in [4.69, 9.17) is 4.74 Å². The van der Waals surface area contributed by atoms with Gasteiger partial charge in [-0.1, -0.05) is 0 Å². The Labute approximate surface area is 150 Å². The zero-order valence-corrected chi connectivity index (χ0v) is 16.0. The number of fused-ring (bicyclic) bond motifs is 1. The second-order valence-electron chi connectivity index (χ2n) is 6.78. The van der Waals surface area contributed by atoms with Gasteiger partial charge in [0, 0.05) is 51.2 Å². The molecule has 0 unspecified atom stereocenters. The summed E-state index contributed by atoms with van der Waals surface area (Å²) in [5, 5.41) is 0. The molecular formula is C17H28N4O3S. The molecule has 2 heterocycles. The number of anilines is 1. The van der Waals surface area contributed by atoms with Gasteiger partial charge in [-0.15, -0.1) is 0 Å². The highest BCUT2D eigenvalue weighted by molar-refractivity contribution is 7.89. The Morgan fingerprint density at radius 3 is 2.52 bits per heavy atom. The molecule has 1 aliphatic carbocycles. The van der Waals surface area contributed by atoms with Crippen molar-refractivity contribution in [3.05, 3.63) is 17.1 Å². The van der Waals surface area contributed by atoms with Crippen molar-refractivity contribution < 1.29 is 13.2 Å². The lowest BCUT2D eigenvalue weighted by Crippen LogP contribution is -2.50. The normalized spacial score (nSPS) is 19.0. The van der Waals surface area contributed by atoms with Gasteiger partial charge < -0.3 is 9.64 Å². The number of hydrogen-bond donors (Lipinski definition) is 0. The molecule has 0 spiro atoms. The van der Waals surface area contributed by atoms with Crippen molar-refractivity contribution >= 4 is 15.8 Å². The number of rotatable bonds is 6. The van der Waals surface area contributed by atoms with Crippen molar-refractivity contribution in [1.29, 1.82) is 0 Å². The molecule has 0 saturated carbocycles. The van der Waals surface area contributed by atoms with E-state index >= 15 is 0 Å². The predicted molar refractivity (Wildman–Crippen MR) is 97.5 cm³/mol. The fraction of sp³-hybridized carbons (Fsp3) is 0.765. The fourth-order valence-electron chi connectivity index (χ4n) is 3.65.